The molecule has 1 saturated carbocycles. The van der Waals surface area contributed by atoms with Crippen LogP contribution in [0.3, 0.4) is 0 Å². The van der Waals surface area contributed by atoms with Crippen molar-refractivity contribution in [2.75, 3.05) is 11.1 Å². The largest absolute Gasteiger partial charge is 0.396 e. The normalized spacial score (nSPS) is 21.6. The Bertz CT molecular complexity index is 551. The SMILES string of the molecule is Cc1cnc(NC2CC2c2ccccc2)c(N)c1. The molecule has 18 heavy (non-hydrogen) atoms. The summed E-state index contributed by atoms with van der Waals surface area (Å²) in [6, 6.07) is 13.0. The van der Waals surface area contributed by atoms with Crippen molar-refractivity contribution in [3.8, 4) is 0 Å². The predicted molar refractivity (Wildman–Crippen MR) is 74.6 cm³/mol. The molecule has 0 radical (unpaired) electrons. The third-order valence-electron chi connectivity index (χ3n) is 3.39. The highest BCUT2D eigenvalue weighted by Gasteiger charge is 2.38. The van der Waals surface area contributed by atoms with E-state index in [1.165, 1.54) is 5.56 Å². The van der Waals surface area contributed by atoms with Crippen molar-refractivity contribution in [1.82, 2.24) is 4.98 Å². The van der Waals surface area contributed by atoms with Crippen molar-refractivity contribution in [2.45, 2.75) is 25.3 Å². The highest BCUT2D eigenvalue weighted by molar-refractivity contribution is 5.63. The van der Waals surface area contributed by atoms with Crippen LogP contribution in [0.4, 0.5) is 11.5 Å². The van der Waals surface area contributed by atoms with Crippen molar-refractivity contribution >= 4 is 11.5 Å². The van der Waals surface area contributed by atoms with E-state index in [0.29, 0.717) is 12.0 Å². The van der Waals surface area contributed by atoms with Crippen molar-refractivity contribution in [3.63, 3.8) is 0 Å². The Kier molecular flexibility index (Phi) is 2.67. The van der Waals surface area contributed by atoms with E-state index in [1.54, 1.807) is 0 Å². The zero-order valence-corrected chi connectivity index (χ0v) is 10.4. The van der Waals surface area contributed by atoms with Gasteiger partial charge < -0.3 is 11.1 Å². The molecule has 1 aromatic heterocycles. The van der Waals surface area contributed by atoms with Crippen LogP contribution in [0.2, 0.25) is 0 Å². The molecule has 2 aromatic rings. The monoisotopic (exact) mass is 239 g/mol. The summed E-state index contributed by atoms with van der Waals surface area (Å²) < 4.78 is 0. The lowest BCUT2D eigenvalue weighted by Crippen LogP contribution is -2.08. The summed E-state index contributed by atoms with van der Waals surface area (Å²) in [6.07, 6.45) is 3.00. The second kappa shape index (κ2) is 4.33. The molecule has 1 aliphatic rings. The van der Waals surface area contributed by atoms with E-state index in [1.807, 2.05) is 25.3 Å². The molecule has 1 fully saturated rings. The Balaban J connectivity index is 1.69. The zero-order chi connectivity index (χ0) is 12.5. The van der Waals surface area contributed by atoms with Gasteiger partial charge in [-0.2, -0.15) is 0 Å². The highest BCUT2D eigenvalue weighted by atomic mass is 15.1. The van der Waals surface area contributed by atoms with Gasteiger partial charge in [-0.1, -0.05) is 30.3 Å². The van der Waals surface area contributed by atoms with Gasteiger partial charge in [0.05, 0.1) is 5.69 Å². The van der Waals surface area contributed by atoms with Crippen LogP contribution >= 0.6 is 0 Å². The van der Waals surface area contributed by atoms with Gasteiger partial charge in [0, 0.05) is 18.2 Å². The molecule has 3 N–H and O–H groups in total. The average molecular weight is 239 g/mol. The van der Waals surface area contributed by atoms with Crippen LogP contribution in [0, 0.1) is 6.92 Å². The molecule has 3 heteroatoms. The Morgan fingerprint density at radius 3 is 2.78 bits per heavy atom. The molecule has 0 spiro atoms. The van der Waals surface area contributed by atoms with E-state index in [0.717, 1.165) is 23.5 Å². The fourth-order valence-corrected chi connectivity index (χ4v) is 2.31. The summed E-state index contributed by atoms with van der Waals surface area (Å²) in [5.74, 6) is 1.40. The van der Waals surface area contributed by atoms with Gasteiger partial charge >= 0.3 is 0 Å². The lowest BCUT2D eigenvalue weighted by molar-refractivity contribution is 1.03. The molecule has 0 aliphatic heterocycles. The van der Waals surface area contributed by atoms with Gasteiger partial charge in [-0.3, -0.25) is 0 Å². The van der Waals surface area contributed by atoms with Crippen LogP contribution in [0.15, 0.2) is 42.6 Å². The van der Waals surface area contributed by atoms with Crippen LogP contribution in [-0.2, 0) is 0 Å². The first kappa shape index (κ1) is 11.1. The fraction of sp³-hybridized carbons (Fsp3) is 0.267. The molecule has 2 unspecified atom stereocenters. The number of pyridine rings is 1. The first-order chi connectivity index (χ1) is 8.74. The Hall–Kier alpha value is -2.03. The van der Waals surface area contributed by atoms with E-state index >= 15 is 0 Å². The quantitative estimate of drug-likeness (QED) is 0.865. The number of nitrogens with two attached hydrogens (primary N) is 1. The minimum absolute atomic E-state index is 0.463. The lowest BCUT2D eigenvalue weighted by Gasteiger charge is -2.08. The molecule has 0 bridgehead atoms. The number of rotatable bonds is 3. The summed E-state index contributed by atoms with van der Waals surface area (Å²) in [5.41, 5.74) is 9.17. The Morgan fingerprint density at radius 2 is 2.06 bits per heavy atom. The van der Waals surface area contributed by atoms with Gasteiger partial charge in [-0.05, 0) is 30.5 Å². The topological polar surface area (TPSA) is 50.9 Å². The molecule has 1 aromatic carbocycles. The van der Waals surface area contributed by atoms with Crippen molar-refractivity contribution in [2.24, 2.45) is 0 Å². The summed E-state index contributed by atoms with van der Waals surface area (Å²) in [6.45, 7) is 2.00. The van der Waals surface area contributed by atoms with E-state index < -0.39 is 0 Å². The summed E-state index contributed by atoms with van der Waals surface area (Å²) in [4.78, 5) is 4.35. The number of hydrogen-bond acceptors (Lipinski definition) is 3. The maximum atomic E-state index is 5.96. The first-order valence-electron chi connectivity index (χ1n) is 6.27. The van der Waals surface area contributed by atoms with Crippen LogP contribution < -0.4 is 11.1 Å². The molecule has 1 aliphatic carbocycles. The number of nitrogens with one attached hydrogen (secondary N) is 1. The van der Waals surface area contributed by atoms with Crippen molar-refractivity contribution in [1.29, 1.82) is 0 Å². The third kappa shape index (κ3) is 2.16. The van der Waals surface area contributed by atoms with Gasteiger partial charge in [0.25, 0.3) is 0 Å². The third-order valence-corrected chi connectivity index (χ3v) is 3.39. The standard InChI is InChI=1S/C15H17N3/c1-10-7-13(16)15(17-9-10)18-14-8-12(14)11-5-3-2-4-6-11/h2-7,9,12,14H,8,16H2,1H3,(H,17,18). The zero-order valence-electron chi connectivity index (χ0n) is 10.4. The molecule has 1 heterocycles. The fourth-order valence-electron chi connectivity index (χ4n) is 2.31. The van der Waals surface area contributed by atoms with Crippen LogP contribution in [0.25, 0.3) is 0 Å². The van der Waals surface area contributed by atoms with Crippen LogP contribution in [0.1, 0.15) is 23.5 Å². The Morgan fingerprint density at radius 1 is 1.28 bits per heavy atom. The smallest absolute Gasteiger partial charge is 0.149 e. The number of nitrogen functional groups attached to an aromatic ring is 1. The molecular formula is C15H17N3. The van der Waals surface area contributed by atoms with E-state index in [-0.39, 0.29) is 0 Å². The minimum Gasteiger partial charge on any atom is -0.396 e. The van der Waals surface area contributed by atoms with Gasteiger partial charge in [-0.25, -0.2) is 4.98 Å². The number of benzene rings is 1. The molecule has 2 atom stereocenters. The number of aromatic nitrogens is 1. The Labute approximate surface area is 107 Å². The van der Waals surface area contributed by atoms with Gasteiger partial charge in [0.15, 0.2) is 0 Å². The second-order valence-electron chi connectivity index (χ2n) is 4.95. The predicted octanol–water partition coefficient (Wildman–Crippen LogP) is 2.94. The summed E-state index contributed by atoms with van der Waals surface area (Å²) in [5, 5.41) is 3.42. The van der Waals surface area contributed by atoms with Crippen LogP contribution in [-0.4, -0.2) is 11.0 Å². The maximum Gasteiger partial charge on any atom is 0.149 e. The molecular weight excluding hydrogens is 222 g/mol. The van der Waals surface area contributed by atoms with Crippen molar-refractivity contribution in [3.05, 3.63) is 53.7 Å². The van der Waals surface area contributed by atoms with Gasteiger partial charge in [0.2, 0.25) is 0 Å². The maximum absolute atomic E-state index is 5.96. The molecule has 92 valence electrons. The molecule has 0 saturated heterocycles. The van der Waals surface area contributed by atoms with Gasteiger partial charge in [0.1, 0.15) is 5.82 Å². The van der Waals surface area contributed by atoms with E-state index in [9.17, 15) is 0 Å². The number of hydrogen-bond donors (Lipinski definition) is 2. The average Bonchev–Trinajstić information content (AvgIpc) is 3.13. The lowest BCUT2D eigenvalue weighted by atomic mass is 10.1. The van der Waals surface area contributed by atoms with Gasteiger partial charge in [-0.15, -0.1) is 0 Å². The van der Waals surface area contributed by atoms with E-state index in [4.69, 9.17) is 5.73 Å². The number of anilines is 2. The highest BCUT2D eigenvalue weighted by Crippen LogP contribution is 2.42. The first-order valence-corrected chi connectivity index (χ1v) is 6.27. The molecule has 3 nitrogen and oxygen atoms in total. The van der Waals surface area contributed by atoms with Crippen molar-refractivity contribution < 1.29 is 0 Å². The summed E-state index contributed by atoms with van der Waals surface area (Å²) >= 11 is 0. The molecule has 0 amide bonds. The minimum atomic E-state index is 0.463. The van der Waals surface area contributed by atoms with Crippen LogP contribution in [0.5, 0.6) is 0 Å². The number of aryl methyl sites for hydroxylation is 1. The molecule has 3 rings (SSSR count). The number of nitrogens with zero attached hydrogens (tertiary/aromatic N) is 1. The van der Waals surface area contributed by atoms with E-state index in [2.05, 4.69) is 34.6 Å². The second-order valence-corrected chi connectivity index (χ2v) is 4.95. The summed E-state index contributed by atoms with van der Waals surface area (Å²) in [7, 11) is 0.